The van der Waals surface area contributed by atoms with Crippen LogP contribution in [0.15, 0.2) is 42.5 Å². The molecule has 1 N–H and O–H groups in total. The van der Waals surface area contributed by atoms with E-state index in [1.54, 1.807) is 13.2 Å². The molecule has 0 spiro atoms. The first-order valence-corrected chi connectivity index (χ1v) is 11.7. The largest absolute Gasteiger partial charge is 0.496 e. The lowest BCUT2D eigenvalue weighted by atomic mass is 10.1. The molecule has 0 radical (unpaired) electrons. The van der Waals surface area contributed by atoms with Gasteiger partial charge in [-0.3, -0.25) is 0 Å². The molecule has 0 saturated heterocycles. The quantitative estimate of drug-likeness (QED) is 0.417. The van der Waals surface area contributed by atoms with Crippen molar-refractivity contribution in [3.05, 3.63) is 70.0 Å². The van der Waals surface area contributed by atoms with Gasteiger partial charge in [-0.15, -0.1) is 0 Å². The number of benzene rings is 2. The normalized spacial score (nSPS) is 17.1. The van der Waals surface area contributed by atoms with Crippen LogP contribution >= 0.6 is 11.6 Å². The molecule has 1 aliphatic carbocycles. The molecule has 0 aliphatic heterocycles. The average Bonchev–Trinajstić information content (AvgIpc) is 3.19. The molecule has 174 valence electrons. The summed E-state index contributed by atoms with van der Waals surface area (Å²) in [6.45, 7) is 3.70. The zero-order valence-corrected chi connectivity index (χ0v) is 20.0. The standard InChI is InChI=1S/C26H29ClFN3O2/c1-4-20-24(19-11-10-17(27)15-22(19)32-3)29-21(5-2)26(30-20)31-25-18-9-7-6-8-16(18)14-23(25)33-13-12-28/h6-11,15,23,25H,4-5,12-14H2,1-3H3,(H,30,31). The summed E-state index contributed by atoms with van der Waals surface area (Å²) in [7, 11) is 1.62. The number of aromatic nitrogens is 2. The Balaban J connectivity index is 1.74. The molecule has 2 unspecified atom stereocenters. The van der Waals surface area contributed by atoms with Crippen LogP contribution in [0.25, 0.3) is 11.3 Å². The highest BCUT2D eigenvalue weighted by molar-refractivity contribution is 6.30. The number of anilines is 1. The third-order valence-corrected chi connectivity index (χ3v) is 6.25. The van der Waals surface area contributed by atoms with E-state index in [1.165, 1.54) is 5.56 Å². The minimum Gasteiger partial charge on any atom is -0.496 e. The third-order valence-electron chi connectivity index (χ3n) is 6.01. The fraction of sp³-hybridized carbons (Fsp3) is 0.385. The molecule has 33 heavy (non-hydrogen) atoms. The van der Waals surface area contributed by atoms with Gasteiger partial charge in [0.2, 0.25) is 0 Å². The van der Waals surface area contributed by atoms with E-state index in [4.69, 9.17) is 31.0 Å². The predicted octanol–water partition coefficient (Wildman–Crippen LogP) is 5.99. The summed E-state index contributed by atoms with van der Waals surface area (Å²) < 4.78 is 24.3. The van der Waals surface area contributed by atoms with Crippen LogP contribution < -0.4 is 10.1 Å². The predicted molar refractivity (Wildman–Crippen MR) is 130 cm³/mol. The van der Waals surface area contributed by atoms with E-state index in [-0.39, 0.29) is 18.8 Å². The van der Waals surface area contributed by atoms with Crippen LogP contribution in [0.3, 0.4) is 0 Å². The Morgan fingerprint density at radius 2 is 1.88 bits per heavy atom. The van der Waals surface area contributed by atoms with Crippen molar-refractivity contribution in [2.75, 3.05) is 25.7 Å². The van der Waals surface area contributed by atoms with Gasteiger partial charge in [0.1, 0.15) is 18.2 Å². The summed E-state index contributed by atoms with van der Waals surface area (Å²) in [5.74, 6) is 1.40. The number of nitrogens with one attached hydrogen (secondary N) is 1. The zero-order valence-electron chi connectivity index (χ0n) is 19.2. The maximum atomic E-state index is 12.9. The number of fused-ring (bicyclic) bond motifs is 1. The lowest BCUT2D eigenvalue weighted by Gasteiger charge is -2.24. The Hall–Kier alpha value is -2.70. The highest BCUT2D eigenvalue weighted by atomic mass is 35.5. The van der Waals surface area contributed by atoms with Crippen LogP contribution in [0.5, 0.6) is 5.75 Å². The number of alkyl halides is 1. The van der Waals surface area contributed by atoms with Gasteiger partial charge in [-0.05, 0) is 42.2 Å². The zero-order chi connectivity index (χ0) is 23.4. The summed E-state index contributed by atoms with van der Waals surface area (Å²) >= 11 is 6.17. The van der Waals surface area contributed by atoms with Crippen molar-refractivity contribution in [2.45, 2.75) is 45.3 Å². The number of hydrogen-bond donors (Lipinski definition) is 1. The molecule has 1 aromatic heterocycles. The fourth-order valence-electron chi connectivity index (χ4n) is 4.42. The molecule has 0 bridgehead atoms. The van der Waals surface area contributed by atoms with Crippen molar-refractivity contribution in [2.24, 2.45) is 0 Å². The van der Waals surface area contributed by atoms with Crippen molar-refractivity contribution in [3.63, 3.8) is 0 Å². The summed E-state index contributed by atoms with van der Waals surface area (Å²) in [5, 5.41) is 4.20. The molecule has 2 atom stereocenters. The maximum Gasteiger partial charge on any atom is 0.148 e. The molecule has 3 aromatic rings. The number of methoxy groups -OCH3 is 1. The number of nitrogens with zero attached hydrogens (tertiary/aromatic N) is 2. The summed E-state index contributed by atoms with van der Waals surface area (Å²) in [6.07, 6.45) is 1.98. The van der Waals surface area contributed by atoms with Crippen LogP contribution in [0.4, 0.5) is 10.2 Å². The van der Waals surface area contributed by atoms with E-state index < -0.39 is 6.67 Å². The van der Waals surface area contributed by atoms with E-state index in [0.717, 1.165) is 40.4 Å². The van der Waals surface area contributed by atoms with Crippen LogP contribution in [0.2, 0.25) is 5.02 Å². The average molecular weight is 470 g/mol. The summed E-state index contributed by atoms with van der Waals surface area (Å²) in [5.41, 5.74) is 5.75. The first-order valence-electron chi connectivity index (χ1n) is 11.3. The van der Waals surface area contributed by atoms with Gasteiger partial charge in [0.25, 0.3) is 0 Å². The molecule has 1 aliphatic rings. The fourth-order valence-corrected chi connectivity index (χ4v) is 4.58. The van der Waals surface area contributed by atoms with Gasteiger partial charge in [0.15, 0.2) is 0 Å². The second-order valence-corrected chi connectivity index (χ2v) is 8.43. The smallest absolute Gasteiger partial charge is 0.148 e. The highest BCUT2D eigenvalue weighted by Crippen LogP contribution is 2.38. The monoisotopic (exact) mass is 469 g/mol. The van der Waals surface area contributed by atoms with Crippen molar-refractivity contribution < 1.29 is 13.9 Å². The third kappa shape index (κ3) is 4.82. The topological polar surface area (TPSA) is 56.3 Å². The Morgan fingerprint density at radius 3 is 2.61 bits per heavy atom. The minimum atomic E-state index is -0.503. The molecule has 2 aromatic carbocycles. The van der Waals surface area contributed by atoms with E-state index >= 15 is 0 Å². The minimum absolute atomic E-state index is 0.0820. The lowest BCUT2D eigenvalue weighted by Crippen LogP contribution is -2.27. The first kappa shape index (κ1) is 23.5. The molecule has 1 heterocycles. The van der Waals surface area contributed by atoms with Crippen molar-refractivity contribution >= 4 is 17.4 Å². The number of aryl methyl sites for hydroxylation is 2. The highest BCUT2D eigenvalue weighted by Gasteiger charge is 2.34. The number of ether oxygens (including phenoxy) is 2. The summed E-state index contributed by atoms with van der Waals surface area (Å²) in [6, 6.07) is 13.7. The number of rotatable bonds is 9. The van der Waals surface area contributed by atoms with Crippen molar-refractivity contribution in [3.8, 4) is 17.0 Å². The molecular formula is C26H29ClFN3O2. The second kappa shape index (κ2) is 10.5. The number of hydrogen-bond acceptors (Lipinski definition) is 5. The van der Waals surface area contributed by atoms with Crippen LogP contribution in [0, 0.1) is 0 Å². The maximum absolute atomic E-state index is 12.9. The van der Waals surface area contributed by atoms with Crippen molar-refractivity contribution in [1.82, 2.24) is 9.97 Å². The van der Waals surface area contributed by atoms with Gasteiger partial charge in [-0.1, -0.05) is 49.7 Å². The summed E-state index contributed by atoms with van der Waals surface area (Å²) in [4.78, 5) is 10.0. The van der Waals surface area contributed by atoms with Crippen molar-refractivity contribution in [1.29, 1.82) is 0 Å². The molecule has 5 nitrogen and oxygen atoms in total. The van der Waals surface area contributed by atoms with Crippen LogP contribution in [-0.4, -0.2) is 36.5 Å². The Morgan fingerprint density at radius 1 is 1.09 bits per heavy atom. The van der Waals surface area contributed by atoms with Gasteiger partial charge in [-0.2, -0.15) is 0 Å². The molecule has 0 amide bonds. The first-order chi connectivity index (χ1) is 16.1. The van der Waals surface area contributed by atoms with E-state index in [1.807, 2.05) is 24.3 Å². The Bertz CT molecular complexity index is 1120. The molecule has 0 fully saturated rings. The van der Waals surface area contributed by atoms with E-state index in [2.05, 4.69) is 31.3 Å². The Kier molecular flexibility index (Phi) is 7.46. The number of halogens is 2. The lowest BCUT2D eigenvalue weighted by molar-refractivity contribution is 0.0393. The van der Waals surface area contributed by atoms with Gasteiger partial charge < -0.3 is 14.8 Å². The van der Waals surface area contributed by atoms with Gasteiger partial charge in [-0.25, -0.2) is 14.4 Å². The van der Waals surface area contributed by atoms with Gasteiger partial charge in [0, 0.05) is 17.0 Å². The van der Waals surface area contributed by atoms with Gasteiger partial charge in [0.05, 0.1) is 42.9 Å². The molecular weight excluding hydrogens is 441 g/mol. The molecule has 4 rings (SSSR count). The molecule has 0 saturated carbocycles. The van der Waals surface area contributed by atoms with E-state index in [9.17, 15) is 4.39 Å². The molecule has 7 heteroatoms. The van der Waals surface area contributed by atoms with E-state index in [0.29, 0.717) is 23.6 Å². The van der Waals surface area contributed by atoms with Gasteiger partial charge >= 0.3 is 0 Å². The Labute approximate surface area is 199 Å². The SMILES string of the molecule is CCc1nc(-c2ccc(Cl)cc2OC)c(CC)nc1NC1c2ccccc2CC1OCCF. The second-order valence-electron chi connectivity index (χ2n) is 7.99. The van der Waals surface area contributed by atoms with Crippen LogP contribution in [-0.2, 0) is 24.0 Å². The van der Waals surface area contributed by atoms with Crippen LogP contribution in [0.1, 0.15) is 42.4 Å².